The van der Waals surface area contributed by atoms with Crippen molar-refractivity contribution in [2.45, 2.75) is 31.6 Å². The van der Waals surface area contributed by atoms with Crippen LogP contribution in [0.15, 0.2) is 34.2 Å². The van der Waals surface area contributed by atoms with Crippen LogP contribution in [0.3, 0.4) is 0 Å². The molecule has 0 saturated carbocycles. The monoisotopic (exact) mass is 266 g/mol. The lowest BCUT2D eigenvalue weighted by molar-refractivity contribution is 0.561. The highest BCUT2D eigenvalue weighted by molar-refractivity contribution is 7.90. The van der Waals surface area contributed by atoms with Gasteiger partial charge >= 0.3 is 0 Å². The van der Waals surface area contributed by atoms with Gasteiger partial charge in [0.25, 0.3) is 10.0 Å². The number of sulfonamides is 1. The van der Waals surface area contributed by atoms with E-state index in [1.807, 2.05) is 6.07 Å². The number of hydrogen-bond donors (Lipinski definition) is 1. The van der Waals surface area contributed by atoms with Crippen molar-refractivity contribution in [2.24, 2.45) is 10.9 Å². The Hall–Kier alpha value is -1.36. The first kappa shape index (κ1) is 13.1. The third-order valence-corrected chi connectivity index (χ3v) is 4.27. The van der Waals surface area contributed by atoms with Crippen LogP contribution in [0.5, 0.6) is 0 Å². The molecule has 98 valence electrons. The first-order chi connectivity index (χ1) is 8.50. The van der Waals surface area contributed by atoms with Gasteiger partial charge in [-0.1, -0.05) is 26.0 Å². The Morgan fingerprint density at radius 2 is 2.00 bits per heavy atom. The van der Waals surface area contributed by atoms with Crippen LogP contribution >= 0.6 is 0 Å². The summed E-state index contributed by atoms with van der Waals surface area (Å²) >= 11 is 0. The second-order valence-corrected chi connectivity index (χ2v) is 6.52. The second kappa shape index (κ2) is 5.10. The van der Waals surface area contributed by atoms with E-state index in [-0.39, 0.29) is 0 Å². The fourth-order valence-corrected chi connectivity index (χ4v) is 3.19. The average molecular weight is 266 g/mol. The van der Waals surface area contributed by atoms with Crippen LogP contribution < -0.4 is 4.72 Å². The second-order valence-electron chi connectivity index (χ2n) is 4.87. The predicted octanol–water partition coefficient (Wildman–Crippen LogP) is 2.16. The Kier molecular flexibility index (Phi) is 3.71. The van der Waals surface area contributed by atoms with Crippen molar-refractivity contribution in [1.29, 1.82) is 0 Å². The zero-order valence-corrected chi connectivity index (χ0v) is 11.5. The normalized spacial score (nSPS) is 18.9. The minimum absolute atomic E-state index is 0.326. The largest absolute Gasteiger partial charge is 0.267 e. The molecule has 0 fully saturated rings. The van der Waals surface area contributed by atoms with Gasteiger partial charge in [0.15, 0.2) is 0 Å². The molecule has 5 heteroatoms. The quantitative estimate of drug-likeness (QED) is 0.849. The highest BCUT2D eigenvalue weighted by Gasteiger charge is 2.29. The molecule has 0 amide bonds. The number of aliphatic imine (C=N–C) groups is 1. The number of amidine groups is 1. The van der Waals surface area contributed by atoms with E-state index in [0.29, 0.717) is 28.8 Å². The standard InChI is InChI=1S/C13H18N2O2S/c1-10(2)6-5-9-14-13-11-7-3-4-8-12(11)18(16,17)15-13/h3-4,7-8,10H,5-6,9H2,1-2H3,(H,14,15). The van der Waals surface area contributed by atoms with Crippen molar-refractivity contribution in [3.8, 4) is 0 Å². The van der Waals surface area contributed by atoms with Crippen LogP contribution in [0.4, 0.5) is 0 Å². The summed E-state index contributed by atoms with van der Waals surface area (Å²) in [5.74, 6) is 1.13. The summed E-state index contributed by atoms with van der Waals surface area (Å²) in [5, 5.41) is 0. The smallest absolute Gasteiger partial charge is 0.263 e. The van der Waals surface area contributed by atoms with Gasteiger partial charge in [-0.25, -0.2) is 8.42 Å². The van der Waals surface area contributed by atoms with E-state index in [0.717, 1.165) is 12.8 Å². The summed E-state index contributed by atoms with van der Waals surface area (Å²) in [6, 6.07) is 6.94. The van der Waals surface area contributed by atoms with Crippen LogP contribution in [0.1, 0.15) is 32.3 Å². The van der Waals surface area contributed by atoms with Crippen molar-refractivity contribution in [1.82, 2.24) is 4.72 Å². The number of benzene rings is 1. The zero-order valence-electron chi connectivity index (χ0n) is 10.7. The summed E-state index contributed by atoms with van der Waals surface area (Å²) in [5.41, 5.74) is 0.682. The van der Waals surface area contributed by atoms with Gasteiger partial charge in [-0.05, 0) is 30.9 Å². The number of nitrogens with zero attached hydrogens (tertiary/aromatic N) is 1. The SMILES string of the molecule is CC(C)CCCN=C1NS(=O)(=O)c2ccccc21. The maximum Gasteiger partial charge on any atom is 0.263 e. The highest BCUT2D eigenvalue weighted by Crippen LogP contribution is 2.22. The van der Waals surface area contributed by atoms with E-state index in [1.54, 1.807) is 18.2 Å². The molecule has 1 heterocycles. The molecule has 4 nitrogen and oxygen atoms in total. The molecule has 0 spiro atoms. The molecule has 0 aliphatic carbocycles. The molecular weight excluding hydrogens is 248 g/mol. The van der Waals surface area contributed by atoms with Gasteiger partial charge in [-0.15, -0.1) is 0 Å². The Bertz CT molecular complexity index is 562. The van der Waals surface area contributed by atoms with Gasteiger partial charge in [0.1, 0.15) is 5.84 Å². The minimum atomic E-state index is -3.39. The van der Waals surface area contributed by atoms with Crippen LogP contribution in [0, 0.1) is 5.92 Å². The zero-order chi connectivity index (χ0) is 13.2. The average Bonchev–Trinajstić information content (AvgIpc) is 2.57. The molecular formula is C13H18N2O2S. The minimum Gasteiger partial charge on any atom is -0.267 e. The fraction of sp³-hybridized carbons (Fsp3) is 0.462. The summed E-state index contributed by atoms with van der Waals surface area (Å²) in [4.78, 5) is 4.68. The molecule has 0 aromatic heterocycles. The number of rotatable bonds is 4. The van der Waals surface area contributed by atoms with Gasteiger partial charge < -0.3 is 0 Å². The lowest BCUT2D eigenvalue weighted by Crippen LogP contribution is -2.22. The number of nitrogens with one attached hydrogen (secondary N) is 1. The maximum absolute atomic E-state index is 11.8. The fourth-order valence-electron chi connectivity index (χ4n) is 1.94. The van der Waals surface area contributed by atoms with E-state index in [2.05, 4.69) is 23.6 Å². The van der Waals surface area contributed by atoms with Gasteiger partial charge in [-0.2, -0.15) is 0 Å². The van der Waals surface area contributed by atoms with Crippen LogP contribution in [-0.4, -0.2) is 20.8 Å². The third-order valence-electron chi connectivity index (χ3n) is 2.87. The van der Waals surface area contributed by atoms with Crippen LogP contribution in [0.25, 0.3) is 0 Å². The Morgan fingerprint density at radius 3 is 2.72 bits per heavy atom. The first-order valence-corrected chi connectivity index (χ1v) is 7.65. The Balaban J connectivity index is 2.15. The van der Waals surface area contributed by atoms with Gasteiger partial charge in [0.05, 0.1) is 4.90 Å². The molecule has 0 saturated heterocycles. The molecule has 0 bridgehead atoms. The number of fused-ring (bicyclic) bond motifs is 1. The molecule has 2 rings (SSSR count). The lowest BCUT2D eigenvalue weighted by Gasteiger charge is -2.02. The third kappa shape index (κ3) is 2.72. The predicted molar refractivity (Wildman–Crippen MR) is 72.2 cm³/mol. The van der Waals surface area contributed by atoms with Gasteiger partial charge in [0, 0.05) is 12.1 Å². The van der Waals surface area contributed by atoms with Gasteiger partial charge in [0.2, 0.25) is 0 Å². The first-order valence-electron chi connectivity index (χ1n) is 6.17. The van der Waals surface area contributed by atoms with Crippen molar-refractivity contribution in [2.75, 3.05) is 6.54 Å². The van der Waals surface area contributed by atoms with E-state index in [4.69, 9.17) is 0 Å². The molecule has 0 radical (unpaired) electrons. The van der Waals surface area contributed by atoms with Crippen molar-refractivity contribution < 1.29 is 8.42 Å². The summed E-state index contributed by atoms with van der Waals surface area (Å²) < 4.78 is 26.1. The van der Waals surface area contributed by atoms with Crippen LogP contribution in [-0.2, 0) is 10.0 Å². The van der Waals surface area contributed by atoms with E-state index in [9.17, 15) is 8.42 Å². The molecule has 1 N–H and O–H groups in total. The molecule has 1 aliphatic heterocycles. The van der Waals surface area contributed by atoms with Crippen LogP contribution in [0.2, 0.25) is 0 Å². The Morgan fingerprint density at radius 1 is 1.28 bits per heavy atom. The number of hydrogen-bond acceptors (Lipinski definition) is 3. The molecule has 18 heavy (non-hydrogen) atoms. The van der Waals surface area contributed by atoms with Crippen molar-refractivity contribution in [3.05, 3.63) is 29.8 Å². The van der Waals surface area contributed by atoms with E-state index in [1.165, 1.54) is 0 Å². The Labute approximate surface area is 108 Å². The van der Waals surface area contributed by atoms with Crippen molar-refractivity contribution >= 4 is 15.9 Å². The van der Waals surface area contributed by atoms with Crippen molar-refractivity contribution in [3.63, 3.8) is 0 Å². The summed E-state index contributed by atoms with van der Waals surface area (Å²) in [6.07, 6.45) is 2.08. The summed E-state index contributed by atoms with van der Waals surface area (Å²) in [6.45, 7) is 4.99. The van der Waals surface area contributed by atoms with Gasteiger partial charge in [-0.3, -0.25) is 9.71 Å². The topological polar surface area (TPSA) is 58.5 Å². The van der Waals surface area contributed by atoms with E-state index < -0.39 is 10.0 Å². The molecule has 1 aromatic carbocycles. The molecule has 1 aliphatic rings. The molecule has 0 unspecified atom stereocenters. The maximum atomic E-state index is 11.8. The molecule has 1 aromatic rings. The summed E-state index contributed by atoms with van der Waals surface area (Å²) in [7, 11) is -3.39. The van der Waals surface area contributed by atoms with E-state index >= 15 is 0 Å². The highest BCUT2D eigenvalue weighted by atomic mass is 32.2. The lowest BCUT2D eigenvalue weighted by atomic mass is 10.1. The molecule has 0 atom stereocenters.